The van der Waals surface area contributed by atoms with Gasteiger partial charge in [-0.2, -0.15) is 0 Å². The molecule has 2 heterocycles. The summed E-state index contributed by atoms with van der Waals surface area (Å²) in [5.41, 5.74) is 2.51. The number of nitrogens with zero attached hydrogens (tertiary/aromatic N) is 1. The Labute approximate surface area is 148 Å². The van der Waals surface area contributed by atoms with Crippen molar-refractivity contribution in [3.8, 4) is 0 Å². The van der Waals surface area contributed by atoms with E-state index in [9.17, 15) is 4.79 Å². The van der Waals surface area contributed by atoms with Crippen molar-refractivity contribution in [2.45, 2.75) is 18.3 Å². The molecule has 4 rings (SSSR count). The van der Waals surface area contributed by atoms with E-state index in [2.05, 4.69) is 32.3 Å². The summed E-state index contributed by atoms with van der Waals surface area (Å²) in [6, 6.07) is 15.4. The minimum atomic E-state index is -0.169. The quantitative estimate of drug-likeness (QED) is 0.648. The fraction of sp³-hybridized carbons (Fsp3) is 0.158. The van der Waals surface area contributed by atoms with E-state index in [4.69, 9.17) is 4.42 Å². The maximum absolute atomic E-state index is 12.5. The molecule has 1 amide bonds. The first-order chi connectivity index (χ1) is 11.7. The molecule has 120 valence electrons. The van der Waals surface area contributed by atoms with Crippen molar-refractivity contribution in [1.82, 2.24) is 4.98 Å². The molecule has 1 aromatic carbocycles. The normalized spacial score (nSPS) is 19.0. The van der Waals surface area contributed by atoms with Gasteiger partial charge in [0.15, 0.2) is 0 Å². The SMILES string of the molecule is O=C(Nc1ccccc1C1CC1c1ccco1)c1cccnc1Br. The van der Waals surface area contributed by atoms with E-state index < -0.39 is 0 Å². The second kappa shape index (κ2) is 6.24. The average molecular weight is 383 g/mol. The standard InChI is InChI=1S/C19H15BrN2O2/c20-18-13(6-3-9-21-18)19(23)22-16-7-2-1-5-12(16)14-11-15(14)17-8-4-10-24-17/h1-10,14-15H,11H2,(H,22,23). The van der Waals surface area contributed by atoms with Crippen LogP contribution in [0.3, 0.4) is 0 Å². The molecule has 1 aliphatic carbocycles. The maximum Gasteiger partial charge on any atom is 0.258 e. The lowest BCUT2D eigenvalue weighted by Gasteiger charge is -2.11. The largest absolute Gasteiger partial charge is 0.469 e. The number of hydrogen-bond donors (Lipinski definition) is 1. The lowest BCUT2D eigenvalue weighted by molar-refractivity contribution is 0.102. The van der Waals surface area contributed by atoms with Crippen LogP contribution in [0.1, 0.15) is 39.9 Å². The molecule has 0 spiro atoms. The third kappa shape index (κ3) is 2.87. The number of benzene rings is 1. The van der Waals surface area contributed by atoms with Crippen LogP contribution < -0.4 is 5.32 Å². The van der Waals surface area contributed by atoms with Crippen LogP contribution in [0.2, 0.25) is 0 Å². The van der Waals surface area contributed by atoms with Crippen LogP contribution in [-0.4, -0.2) is 10.9 Å². The number of pyridine rings is 1. The number of furan rings is 1. The van der Waals surface area contributed by atoms with Gasteiger partial charge in [0, 0.05) is 17.8 Å². The second-order valence-corrected chi connectivity index (χ2v) is 6.60. The third-order valence-corrected chi connectivity index (χ3v) is 4.94. The minimum absolute atomic E-state index is 0.169. The first-order valence-corrected chi connectivity index (χ1v) is 8.57. The van der Waals surface area contributed by atoms with Crippen LogP contribution in [0.4, 0.5) is 5.69 Å². The van der Waals surface area contributed by atoms with E-state index >= 15 is 0 Å². The number of rotatable bonds is 4. The zero-order valence-electron chi connectivity index (χ0n) is 12.8. The summed E-state index contributed by atoms with van der Waals surface area (Å²) in [4.78, 5) is 16.6. The Morgan fingerprint density at radius 2 is 2.00 bits per heavy atom. The molecular weight excluding hydrogens is 368 g/mol. The van der Waals surface area contributed by atoms with Crippen LogP contribution in [0.5, 0.6) is 0 Å². The fourth-order valence-corrected chi connectivity index (χ4v) is 3.47. The Morgan fingerprint density at radius 3 is 2.79 bits per heavy atom. The van der Waals surface area contributed by atoms with Gasteiger partial charge in [-0.25, -0.2) is 4.98 Å². The summed E-state index contributed by atoms with van der Waals surface area (Å²) in [6.45, 7) is 0. The molecule has 3 aromatic rings. The minimum Gasteiger partial charge on any atom is -0.469 e. The van der Waals surface area contributed by atoms with Gasteiger partial charge in [0.25, 0.3) is 5.91 Å². The number of carbonyl (C=O) groups is 1. The molecule has 0 radical (unpaired) electrons. The van der Waals surface area contributed by atoms with Crippen LogP contribution in [-0.2, 0) is 0 Å². The van der Waals surface area contributed by atoms with Gasteiger partial charge < -0.3 is 9.73 Å². The van der Waals surface area contributed by atoms with Crippen molar-refractivity contribution >= 4 is 27.5 Å². The number of anilines is 1. The number of amides is 1. The van der Waals surface area contributed by atoms with Crippen LogP contribution in [0.15, 0.2) is 70.0 Å². The first-order valence-electron chi connectivity index (χ1n) is 7.78. The van der Waals surface area contributed by atoms with Gasteiger partial charge in [0.05, 0.1) is 11.8 Å². The highest BCUT2D eigenvalue weighted by Crippen LogP contribution is 2.56. The molecule has 0 aliphatic heterocycles. The monoisotopic (exact) mass is 382 g/mol. The summed E-state index contributed by atoms with van der Waals surface area (Å²) in [5.74, 6) is 1.61. The Kier molecular flexibility index (Phi) is 3.94. The van der Waals surface area contributed by atoms with Crippen molar-refractivity contribution in [2.24, 2.45) is 0 Å². The van der Waals surface area contributed by atoms with Crippen LogP contribution in [0, 0.1) is 0 Å². The zero-order valence-corrected chi connectivity index (χ0v) is 14.4. The maximum atomic E-state index is 12.5. The van der Waals surface area contributed by atoms with Gasteiger partial charge in [-0.15, -0.1) is 0 Å². The van der Waals surface area contributed by atoms with Crippen molar-refractivity contribution < 1.29 is 9.21 Å². The van der Waals surface area contributed by atoms with E-state index in [1.165, 1.54) is 0 Å². The average Bonchev–Trinajstić information content (AvgIpc) is 3.20. The summed E-state index contributed by atoms with van der Waals surface area (Å²) >= 11 is 3.32. The zero-order chi connectivity index (χ0) is 16.5. The summed E-state index contributed by atoms with van der Waals surface area (Å²) < 4.78 is 6.05. The van der Waals surface area contributed by atoms with E-state index in [0.29, 0.717) is 22.0 Å². The number of para-hydroxylation sites is 1. The second-order valence-electron chi connectivity index (χ2n) is 5.85. The molecule has 1 aliphatic rings. The summed E-state index contributed by atoms with van der Waals surface area (Å²) in [5, 5.41) is 3.02. The Morgan fingerprint density at radius 1 is 1.12 bits per heavy atom. The molecule has 1 fully saturated rings. The van der Waals surface area contributed by atoms with E-state index in [1.807, 2.05) is 30.3 Å². The van der Waals surface area contributed by atoms with E-state index in [1.54, 1.807) is 24.6 Å². The van der Waals surface area contributed by atoms with Crippen molar-refractivity contribution in [2.75, 3.05) is 5.32 Å². The van der Waals surface area contributed by atoms with Gasteiger partial charge in [-0.1, -0.05) is 18.2 Å². The molecule has 1 saturated carbocycles. The first kappa shape index (κ1) is 15.1. The molecule has 4 nitrogen and oxygen atoms in total. The molecule has 5 heteroatoms. The topological polar surface area (TPSA) is 55.1 Å². The number of nitrogens with one attached hydrogen (secondary N) is 1. The number of aromatic nitrogens is 1. The van der Waals surface area contributed by atoms with Crippen molar-refractivity contribution in [1.29, 1.82) is 0 Å². The molecule has 24 heavy (non-hydrogen) atoms. The molecule has 0 bridgehead atoms. The Balaban J connectivity index is 1.57. The van der Waals surface area contributed by atoms with Gasteiger partial charge in [0.1, 0.15) is 10.4 Å². The molecule has 0 saturated heterocycles. The predicted octanol–water partition coefficient (Wildman–Crippen LogP) is 4.96. The summed E-state index contributed by atoms with van der Waals surface area (Å²) in [7, 11) is 0. The van der Waals surface area contributed by atoms with Crippen molar-refractivity contribution in [3.63, 3.8) is 0 Å². The van der Waals surface area contributed by atoms with Gasteiger partial charge in [-0.3, -0.25) is 4.79 Å². The number of hydrogen-bond acceptors (Lipinski definition) is 3. The lowest BCUT2D eigenvalue weighted by atomic mass is 10.1. The Bertz CT molecular complexity index is 877. The van der Waals surface area contributed by atoms with Gasteiger partial charge in [0.2, 0.25) is 0 Å². The smallest absolute Gasteiger partial charge is 0.258 e. The van der Waals surface area contributed by atoms with Crippen molar-refractivity contribution in [3.05, 3.63) is 82.5 Å². The number of halogens is 1. The molecule has 2 aromatic heterocycles. The summed E-state index contributed by atoms with van der Waals surface area (Å²) in [6.07, 6.45) is 4.39. The van der Waals surface area contributed by atoms with Crippen LogP contribution >= 0.6 is 15.9 Å². The highest BCUT2D eigenvalue weighted by atomic mass is 79.9. The van der Waals surface area contributed by atoms with E-state index in [-0.39, 0.29) is 5.91 Å². The molecule has 1 N–H and O–H groups in total. The van der Waals surface area contributed by atoms with Gasteiger partial charge in [-0.05, 0) is 64.2 Å². The third-order valence-electron chi connectivity index (χ3n) is 4.31. The molecular formula is C19H15BrN2O2. The van der Waals surface area contributed by atoms with Gasteiger partial charge >= 0.3 is 0 Å². The Hall–Kier alpha value is -2.40. The number of carbonyl (C=O) groups excluding carboxylic acids is 1. The highest BCUT2D eigenvalue weighted by molar-refractivity contribution is 9.10. The highest BCUT2D eigenvalue weighted by Gasteiger charge is 2.42. The van der Waals surface area contributed by atoms with Crippen LogP contribution in [0.25, 0.3) is 0 Å². The predicted molar refractivity (Wildman–Crippen MR) is 95.1 cm³/mol. The van der Waals surface area contributed by atoms with E-state index in [0.717, 1.165) is 23.4 Å². The fourth-order valence-electron chi connectivity index (χ4n) is 3.03. The lowest BCUT2D eigenvalue weighted by Crippen LogP contribution is -2.14. The molecule has 2 unspecified atom stereocenters. The molecule has 2 atom stereocenters.